The second-order valence-corrected chi connectivity index (χ2v) is 3.79. The first kappa shape index (κ1) is 8.72. The Labute approximate surface area is 68.4 Å². The van der Waals surface area contributed by atoms with Crippen molar-refractivity contribution in [1.82, 2.24) is 5.32 Å². The molecule has 64 valence electrons. The molecule has 1 N–H and O–H groups in total. The maximum Gasteiger partial charge on any atom is 0.155 e. The molecular weight excluding hydrogens is 138 g/mol. The van der Waals surface area contributed by atoms with Gasteiger partial charge in [-0.25, -0.2) is 0 Å². The van der Waals surface area contributed by atoms with Crippen LogP contribution >= 0.6 is 0 Å². The SMILES string of the molecule is CCNC(C)(C)C(=O)C1CC1. The second kappa shape index (κ2) is 2.94. The first-order valence-electron chi connectivity index (χ1n) is 4.37. The van der Waals surface area contributed by atoms with E-state index in [0.29, 0.717) is 11.7 Å². The zero-order chi connectivity index (χ0) is 8.48. The summed E-state index contributed by atoms with van der Waals surface area (Å²) < 4.78 is 0. The van der Waals surface area contributed by atoms with E-state index in [2.05, 4.69) is 5.32 Å². The van der Waals surface area contributed by atoms with Crippen LogP contribution in [0.3, 0.4) is 0 Å². The molecule has 0 aromatic rings. The lowest BCUT2D eigenvalue weighted by Gasteiger charge is -2.23. The van der Waals surface area contributed by atoms with Gasteiger partial charge < -0.3 is 5.32 Å². The molecule has 1 saturated carbocycles. The van der Waals surface area contributed by atoms with Gasteiger partial charge in [0.05, 0.1) is 5.54 Å². The van der Waals surface area contributed by atoms with Crippen LogP contribution in [-0.4, -0.2) is 17.9 Å². The highest BCUT2D eigenvalue weighted by Gasteiger charge is 2.38. The van der Waals surface area contributed by atoms with Crippen LogP contribution in [0.1, 0.15) is 33.6 Å². The van der Waals surface area contributed by atoms with Crippen LogP contribution in [-0.2, 0) is 4.79 Å². The molecule has 1 fully saturated rings. The Kier molecular flexibility index (Phi) is 2.33. The van der Waals surface area contributed by atoms with Crippen molar-refractivity contribution in [2.45, 2.75) is 39.2 Å². The molecule has 0 heterocycles. The van der Waals surface area contributed by atoms with E-state index >= 15 is 0 Å². The van der Waals surface area contributed by atoms with Gasteiger partial charge in [-0.3, -0.25) is 4.79 Å². The Hall–Kier alpha value is -0.370. The van der Waals surface area contributed by atoms with Crippen LogP contribution in [0.4, 0.5) is 0 Å². The predicted octanol–water partition coefficient (Wildman–Crippen LogP) is 1.35. The van der Waals surface area contributed by atoms with Gasteiger partial charge in [0, 0.05) is 5.92 Å². The summed E-state index contributed by atoms with van der Waals surface area (Å²) in [5, 5.41) is 3.19. The minimum atomic E-state index is -0.296. The zero-order valence-electron chi connectivity index (χ0n) is 7.61. The van der Waals surface area contributed by atoms with Crippen molar-refractivity contribution in [3.05, 3.63) is 0 Å². The van der Waals surface area contributed by atoms with Crippen molar-refractivity contribution in [1.29, 1.82) is 0 Å². The number of nitrogens with one attached hydrogen (secondary N) is 1. The van der Waals surface area contributed by atoms with Crippen molar-refractivity contribution < 1.29 is 4.79 Å². The zero-order valence-corrected chi connectivity index (χ0v) is 7.61. The van der Waals surface area contributed by atoms with Crippen molar-refractivity contribution in [2.75, 3.05) is 6.54 Å². The van der Waals surface area contributed by atoms with Crippen LogP contribution < -0.4 is 5.32 Å². The predicted molar refractivity (Wildman–Crippen MR) is 45.5 cm³/mol. The monoisotopic (exact) mass is 155 g/mol. The number of hydrogen-bond donors (Lipinski definition) is 1. The highest BCUT2D eigenvalue weighted by atomic mass is 16.1. The van der Waals surface area contributed by atoms with E-state index in [-0.39, 0.29) is 5.54 Å². The van der Waals surface area contributed by atoms with Gasteiger partial charge in [0.15, 0.2) is 5.78 Å². The average Bonchev–Trinajstić information content (AvgIpc) is 2.67. The molecule has 0 aromatic carbocycles. The summed E-state index contributed by atoms with van der Waals surface area (Å²) in [6.07, 6.45) is 2.21. The van der Waals surface area contributed by atoms with Crippen LogP contribution in [0, 0.1) is 5.92 Å². The van der Waals surface area contributed by atoms with Crippen molar-refractivity contribution in [3.8, 4) is 0 Å². The maximum atomic E-state index is 11.6. The molecule has 1 rings (SSSR count). The Morgan fingerprint density at radius 1 is 1.55 bits per heavy atom. The summed E-state index contributed by atoms with van der Waals surface area (Å²) in [6, 6.07) is 0. The first-order chi connectivity index (χ1) is 5.08. The molecule has 0 unspecified atom stereocenters. The lowest BCUT2D eigenvalue weighted by Crippen LogP contribution is -2.47. The first-order valence-corrected chi connectivity index (χ1v) is 4.37. The van der Waals surface area contributed by atoms with Crippen molar-refractivity contribution >= 4 is 5.78 Å². The third-order valence-electron chi connectivity index (χ3n) is 2.18. The normalized spacial score (nSPS) is 18.5. The fourth-order valence-corrected chi connectivity index (χ4v) is 1.38. The number of rotatable bonds is 4. The van der Waals surface area contributed by atoms with Gasteiger partial charge >= 0.3 is 0 Å². The summed E-state index contributed by atoms with van der Waals surface area (Å²) in [5.74, 6) is 0.753. The van der Waals surface area contributed by atoms with E-state index in [1.54, 1.807) is 0 Å². The van der Waals surface area contributed by atoms with E-state index in [4.69, 9.17) is 0 Å². The molecule has 2 heteroatoms. The molecule has 0 bridgehead atoms. The Morgan fingerprint density at radius 2 is 2.09 bits per heavy atom. The van der Waals surface area contributed by atoms with Crippen LogP contribution in [0.5, 0.6) is 0 Å². The van der Waals surface area contributed by atoms with Gasteiger partial charge in [0.2, 0.25) is 0 Å². The fourth-order valence-electron chi connectivity index (χ4n) is 1.38. The van der Waals surface area contributed by atoms with Crippen molar-refractivity contribution in [2.24, 2.45) is 5.92 Å². The number of ketones is 1. The average molecular weight is 155 g/mol. The summed E-state index contributed by atoms with van der Waals surface area (Å²) >= 11 is 0. The van der Waals surface area contributed by atoms with Gasteiger partial charge in [-0.2, -0.15) is 0 Å². The number of hydrogen-bond acceptors (Lipinski definition) is 2. The summed E-state index contributed by atoms with van der Waals surface area (Å²) in [4.78, 5) is 11.6. The van der Waals surface area contributed by atoms with E-state index in [1.807, 2.05) is 20.8 Å². The summed E-state index contributed by atoms with van der Waals surface area (Å²) in [6.45, 7) is 6.84. The molecule has 1 aliphatic carbocycles. The largest absolute Gasteiger partial charge is 0.306 e. The highest BCUT2D eigenvalue weighted by molar-refractivity contribution is 5.91. The number of carbonyl (C=O) groups is 1. The maximum absolute atomic E-state index is 11.6. The fraction of sp³-hybridized carbons (Fsp3) is 0.889. The Balaban J connectivity index is 2.47. The van der Waals surface area contributed by atoms with E-state index in [1.165, 1.54) is 0 Å². The molecule has 0 atom stereocenters. The summed E-state index contributed by atoms with van der Waals surface area (Å²) in [5.41, 5.74) is -0.296. The quantitative estimate of drug-likeness (QED) is 0.664. The molecule has 11 heavy (non-hydrogen) atoms. The molecule has 0 aromatic heterocycles. The standard InChI is InChI=1S/C9H17NO/c1-4-10-9(2,3)8(11)7-5-6-7/h7,10H,4-6H2,1-3H3. The number of carbonyl (C=O) groups excluding carboxylic acids is 1. The number of Topliss-reactive ketones (excluding diaryl/α,β-unsaturated/α-hetero) is 1. The lowest BCUT2D eigenvalue weighted by molar-refractivity contribution is -0.125. The molecule has 2 nitrogen and oxygen atoms in total. The molecule has 0 radical (unpaired) electrons. The smallest absolute Gasteiger partial charge is 0.155 e. The molecule has 1 aliphatic rings. The van der Waals surface area contributed by atoms with Gasteiger partial charge in [-0.1, -0.05) is 6.92 Å². The van der Waals surface area contributed by atoms with Gasteiger partial charge in [0.1, 0.15) is 0 Å². The van der Waals surface area contributed by atoms with E-state index in [9.17, 15) is 4.79 Å². The highest BCUT2D eigenvalue weighted by Crippen LogP contribution is 2.33. The van der Waals surface area contributed by atoms with Crippen LogP contribution in [0.25, 0.3) is 0 Å². The molecule has 0 spiro atoms. The summed E-state index contributed by atoms with van der Waals surface area (Å²) in [7, 11) is 0. The number of likely N-dealkylation sites (N-methyl/N-ethyl adjacent to an activating group) is 1. The topological polar surface area (TPSA) is 29.1 Å². The molecular formula is C9H17NO. The Morgan fingerprint density at radius 3 is 2.45 bits per heavy atom. The van der Waals surface area contributed by atoms with Crippen LogP contribution in [0.15, 0.2) is 0 Å². The third kappa shape index (κ3) is 2.03. The van der Waals surface area contributed by atoms with E-state index < -0.39 is 0 Å². The van der Waals surface area contributed by atoms with Crippen LogP contribution in [0.2, 0.25) is 0 Å². The van der Waals surface area contributed by atoms with E-state index in [0.717, 1.165) is 19.4 Å². The van der Waals surface area contributed by atoms with Gasteiger partial charge in [-0.15, -0.1) is 0 Å². The molecule has 0 saturated heterocycles. The van der Waals surface area contributed by atoms with Crippen molar-refractivity contribution in [3.63, 3.8) is 0 Å². The minimum absolute atomic E-state index is 0.296. The Bertz CT molecular complexity index is 159. The van der Waals surface area contributed by atoms with Gasteiger partial charge in [0.25, 0.3) is 0 Å². The lowest BCUT2D eigenvalue weighted by atomic mass is 9.96. The minimum Gasteiger partial charge on any atom is -0.306 e. The van der Waals surface area contributed by atoms with Gasteiger partial charge in [-0.05, 0) is 33.2 Å². The molecule has 0 aliphatic heterocycles. The third-order valence-corrected chi connectivity index (χ3v) is 2.18. The second-order valence-electron chi connectivity index (χ2n) is 3.79. The molecule has 0 amide bonds.